The molecule has 1 aromatic carbocycles. The maximum atomic E-state index is 12.0. The molecule has 0 aliphatic carbocycles. The van der Waals surface area contributed by atoms with Gasteiger partial charge in [0.1, 0.15) is 5.82 Å². The van der Waals surface area contributed by atoms with Gasteiger partial charge in [0.2, 0.25) is 0 Å². The van der Waals surface area contributed by atoms with Gasteiger partial charge in [0.25, 0.3) is 5.56 Å². The van der Waals surface area contributed by atoms with Gasteiger partial charge in [-0.2, -0.15) is 5.10 Å². The molecule has 3 heterocycles. The fraction of sp³-hybridized carbons (Fsp3) is 0.0588. The Hall–Kier alpha value is -3.68. The molecular weight excluding hydrogens is 320 g/mol. The molecule has 8 nitrogen and oxygen atoms in total. The minimum absolute atomic E-state index is 0.213. The molecule has 0 atom stereocenters. The minimum atomic E-state index is -0.578. The third-order valence-electron chi connectivity index (χ3n) is 3.86. The zero-order valence-electron chi connectivity index (χ0n) is 13.1. The number of fused-ring (bicyclic) bond motifs is 1. The molecular formula is C17H14N6O2. The van der Waals surface area contributed by atoms with Crippen LogP contribution in [0.2, 0.25) is 0 Å². The van der Waals surface area contributed by atoms with Gasteiger partial charge in [0.05, 0.1) is 18.3 Å². The Morgan fingerprint density at radius 2 is 1.96 bits per heavy atom. The molecule has 4 aromatic rings. The van der Waals surface area contributed by atoms with Crippen LogP contribution in [0.1, 0.15) is 5.56 Å². The Balaban J connectivity index is 1.76. The topological polar surface area (TPSA) is 101 Å². The summed E-state index contributed by atoms with van der Waals surface area (Å²) in [5.41, 5.74) is 1.19. The zero-order valence-corrected chi connectivity index (χ0v) is 13.1. The summed E-state index contributed by atoms with van der Waals surface area (Å²) in [4.78, 5) is 33.3. The number of imidazole rings is 1. The van der Waals surface area contributed by atoms with Crippen LogP contribution in [0.15, 0.2) is 58.9 Å². The van der Waals surface area contributed by atoms with Gasteiger partial charge in [0, 0.05) is 12.4 Å². The average molecular weight is 334 g/mol. The molecule has 0 saturated carbocycles. The van der Waals surface area contributed by atoms with Crippen LogP contribution in [-0.4, -0.2) is 29.3 Å². The Bertz CT molecular complexity index is 1180. The maximum Gasteiger partial charge on any atom is 0.334 e. The summed E-state index contributed by atoms with van der Waals surface area (Å²) in [5.74, 6) is 0.459. The van der Waals surface area contributed by atoms with E-state index in [0.717, 1.165) is 11.1 Å². The minimum Gasteiger partial charge on any atom is -0.332 e. The summed E-state index contributed by atoms with van der Waals surface area (Å²) >= 11 is 0. The Kier molecular flexibility index (Phi) is 3.42. The van der Waals surface area contributed by atoms with Crippen LogP contribution < -0.4 is 11.2 Å². The van der Waals surface area contributed by atoms with Gasteiger partial charge >= 0.3 is 5.69 Å². The van der Waals surface area contributed by atoms with Crippen molar-refractivity contribution in [2.45, 2.75) is 6.54 Å². The standard InChI is InChI=1S/C17H14N6O2/c1-2-23-15-13(16(24)21-17(23)25)19-14(20-15)12-8-18-22(10-12)9-11-6-4-3-5-7-11/h2-8,10H,1,9H2,(H,19,20)(H,21,24,25). The molecule has 124 valence electrons. The Morgan fingerprint density at radius 3 is 2.72 bits per heavy atom. The maximum absolute atomic E-state index is 12.0. The van der Waals surface area contributed by atoms with Crippen molar-refractivity contribution in [1.29, 1.82) is 0 Å². The first-order valence-corrected chi connectivity index (χ1v) is 7.59. The zero-order chi connectivity index (χ0) is 17.4. The van der Waals surface area contributed by atoms with Crippen molar-refractivity contribution in [2.75, 3.05) is 0 Å². The third-order valence-corrected chi connectivity index (χ3v) is 3.86. The summed E-state index contributed by atoms with van der Waals surface area (Å²) in [6.45, 7) is 4.20. The van der Waals surface area contributed by atoms with E-state index in [4.69, 9.17) is 0 Å². The van der Waals surface area contributed by atoms with Gasteiger partial charge < -0.3 is 4.98 Å². The number of hydrogen-bond acceptors (Lipinski definition) is 4. The average Bonchev–Trinajstić information content (AvgIpc) is 3.23. The van der Waals surface area contributed by atoms with E-state index in [1.54, 1.807) is 10.9 Å². The molecule has 0 unspecified atom stereocenters. The second kappa shape index (κ2) is 5.75. The van der Waals surface area contributed by atoms with Crippen LogP contribution in [0.5, 0.6) is 0 Å². The van der Waals surface area contributed by atoms with Crippen molar-refractivity contribution in [2.24, 2.45) is 0 Å². The van der Waals surface area contributed by atoms with Gasteiger partial charge in [-0.3, -0.25) is 19.0 Å². The number of aromatic nitrogens is 6. The van der Waals surface area contributed by atoms with Crippen LogP contribution in [-0.2, 0) is 6.54 Å². The Morgan fingerprint density at radius 1 is 1.16 bits per heavy atom. The highest BCUT2D eigenvalue weighted by Crippen LogP contribution is 2.18. The van der Waals surface area contributed by atoms with E-state index in [2.05, 4.69) is 26.6 Å². The van der Waals surface area contributed by atoms with E-state index < -0.39 is 11.2 Å². The first-order valence-electron chi connectivity index (χ1n) is 7.59. The first kappa shape index (κ1) is 14.9. The summed E-state index contributed by atoms with van der Waals surface area (Å²) in [6, 6.07) is 9.94. The number of nitrogens with one attached hydrogen (secondary N) is 2. The molecule has 3 aromatic heterocycles. The van der Waals surface area contributed by atoms with Crippen molar-refractivity contribution < 1.29 is 0 Å². The lowest BCUT2D eigenvalue weighted by molar-refractivity contribution is 0.687. The summed E-state index contributed by atoms with van der Waals surface area (Å²) < 4.78 is 2.97. The molecule has 0 saturated heterocycles. The monoisotopic (exact) mass is 334 g/mol. The fourth-order valence-corrected chi connectivity index (χ4v) is 2.66. The number of benzene rings is 1. The van der Waals surface area contributed by atoms with E-state index >= 15 is 0 Å². The smallest absolute Gasteiger partial charge is 0.332 e. The number of nitrogens with zero attached hydrogens (tertiary/aromatic N) is 4. The molecule has 8 heteroatoms. The molecule has 0 spiro atoms. The molecule has 25 heavy (non-hydrogen) atoms. The van der Waals surface area contributed by atoms with Crippen molar-refractivity contribution in [3.8, 4) is 11.4 Å². The highest BCUT2D eigenvalue weighted by atomic mass is 16.2. The molecule has 0 fully saturated rings. The molecule has 0 amide bonds. The molecule has 0 bridgehead atoms. The molecule has 0 aliphatic rings. The molecule has 4 rings (SSSR count). The predicted octanol–water partition coefficient (Wildman–Crippen LogP) is 1.43. The van der Waals surface area contributed by atoms with Crippen LogP contribution in [0.3, 0.4) is 0 Å². The van der Waals surface area contributed by atoms with E-state index in [1.807, 2.05) is 36.5 Å². The number of rotatable bonds is 4. The summed E-state index contributed by atoms with van der Waals surface area (Å²) in [5, 5.41) is 4.32. The van der Waals surface area contributed by atoms with Gasteiger partial charge in [0.15, 0.2) is 11.2 Å². The summed E-state index contributed by atoms with van der Waals surface area (Å²) in [6.07, 6.45) is 4.80. The fourth-order valence-electron chi connectivity index (χ4n) is 2.66. The highest BCUT2D eigenvalue weighted by molar-refractivity contribution is 5.76. The van der Waals surface area contributed by atoms with Crippen molar-refractivity contribution >= 4 is 17.4 Å². The summed E-state index contributed by atoms with van der Waals surface area (Å²) in [7, 11) is 0. The molecule has 0 radical (unpaired) electrons. The highest BCUT2D eigenvalue weighted by Gasteiger charge is 2.13. The number of hydrogen-bond donors (Lipinski definition) is 2. The van der Waals surface area contributed by atoms with E-state index in [-0.39, 0.29) is 11.2 Å². The van der Waals surface area contributed by atoms with Gasteiger partial charge in [-0.1, -0.05) is 36.9 Å². The van der Waals surface area contributed by atoms with E-state index in [1.165, 1.54) is 10.8 Å². The molecule has 0 aliphatic heterocycles. The number of H-pyrrole nitrogens is 2. The number of aromatic amines is 2. The predicted molar refractivity (Wildman–Crippen MR) is 94.1 cm³/mol. The van der Waals surface area contributed by atoms with Gasteiger partial charge in [-0.15, -0.1) is 0 Å². The quantitative estimate of drug-likeness (QED) is 0.589. The van der Waals surface area contributed by atoms with E-state index in [9.17, 15) is 9.59 Å². The third kappa shape index (κ3) is 2.59. The van der Waals surface area contributed by atoms with E-state index in [0.29, 0.717) is 12.4 Å². The Labute approximate surface area is 141 Å². The van der Waals surface area contributed by atoms with Crippen LogP contribution >= 0.6 is 0 Å². The van der Waals surface area contributed by atoms with Crippen molar-refractivity contribution in [3.63, 3.8) is 0 Å². The largest absolute Gasteiger partial charge is 0.334 e. The van der Waals surface area contributed by atoms with Gasteiger partial charge in [-0.25, -0.2) is 9.78 Å². The second-order valence-corrected chi connectivity index (χ2v) is 5.51. The lowest BCUT2D eigenvalue weighted by atomic mass is 10.2. The lowest BCUT2D eigenvalue weighted by Gasteiger charge is -2.00. The first-order chi connectivity index (χ1) is 12.2. The second-order valence-electron chi connectivity index (χ2n) is 5.51. The van der Waals surface area contributed by atoms with Crippen molar-refractivity contribution in [1.82, 2.24) is 29.3 Å². The van der Waals surface area contributed by atoms with Crippen LogP contribution in [0.25, 0.3) is 28.8 Å². The van der Waals surface area contributed by atoms with Gasteiger partial charge in [-0.05, 0) is 5.56 Å². The van der Waals surface area contributed by atoms with Crippen LogP contribution in [0, 0.1) is 0 Å². The lowest BCUT2D eigenvalue weighted by Crippen LogP contribution is -2.27. The van der Waals surface area contributed by atoms with Crippen molar-refractivity contribution in [3.05, 3.63) is 75.7 Å². The molecule has 2 N–H and O–H groups in total. The van der Waals surface area contributed by atoms with Crippen LogP contribution in [0.4, 0.5) is 0 Å². The normalized spacial score (nSPS) is 11.0. The SMILES string of the molecule is C=Cn1c(=O)[nH]c(=O)c2[nH]c(-c3cnn(Cc4ccccc4)c3)nc21.